The van der Waals surface area contributed by atoms with E-state index in [2.05, 4.69) is 16.9 Å². The van der Waals surface area contributed by atoms with E-state index in [0.29, 0.717) is 12.0 Å². The van der Waals surface area contributed by atoms with Gasteiger partial charge in [0.1, 0.15) is 0 Å². The first-order chi connectivity index (χ1) is 9.83. The lowest BCUT2D eigenvalue weighted by atomic mass is 9.92. The molecule has 112 valence electrons. The van der Waals surface area contributed by atoms with Crippen LogP contribution in [0.4, 0.5) is 0 Å². The van der Waals surface area contributed by atoms with Crippen molar-refractivity contribution >= 4 is 0 Å². The van der Waals surface area contributed by atoms with Gasteiger partial charge < -0.3 is 5.11 Å². The Kier molecular flexibility index (Phi) is 4.77. The van der Waals surface area contributed by atoms with Crippen LogP contribution in [0.5, 0.6) is 0 Å². The molecule has 2 aliphatic rings. The first-order valence-corrected chi connectivity index (χ1v) is 8.55. The smallest absolute Gasteiger partial charge is 0.0628 e. The van der Waals surface area contributed by atoms with Crippen LogP contribution in [-0.2, 0) is 6.42 Å². The van der Waals surface area contributed by atoms with Crippen molar-refractivity contribution in [3.63, 3.8) is 0 Å². The van der Waals surface area contributed by atoms with Crippen molar-refractivity contribution in [3.05, 3.63) is 18.0 Å². The van der Waals surface area contributed by atoms with Crippen molar-refractivity contribution < 1.29 is 5.11 Å². The Hall–Kier alpha value is -0.830. The van der Waals surface area contributed by atoms with Gasteiger partial charge in [0.15, 0.2) is 0 Å². The molecule has 1 heterocycles. The molecular weight excluding hydrogens is 248 g/mol. The van der Waals surface area contributed by atoms with E-state index in [9.17, 15) is 5.11 Å². The van der Waals surface area contributed by atoms with E-state index < -0.39 is 0 Å². The zero-order valence-corrected chi connectivity index (χ0v) is 12.5. The monoisotopic (exact) mass is 276 g/mol. The van der Waals surface area contributed by atoms with Gasteiger partial charge in [-0.1, -0.05) is 38.5 Å². The van der Waals surface area contributed by atoms with Crippen LogP contribution >= 0.6 is 0 Å². The number of aliphatic hydroxyl groups is 1. The molecule has 0 spiro atoms. The fraction of sp³-hybridized carbons (Fsp3) is 0.824. The number of aromatic nitrogens is 2. The number of hydrogen-bond donors (Lipinski definition) is 1. The molecule has 0 bridgehead atoms. The molecule has 2 atom stereocenters. The van der Waals surface area contributed by atoms with E-state index in [4.69, 9.17) is 5.10 Å². The Morgan fingerprint density at radius 1 is 1.00 bits per heavy atom. The third-order valence-electron chi connectivity index (χ3n) is 5.20. The normalized spacial score (nSPS) is 29.2. The molecule has 0 aliphatic heterocycles. The number of aliphatic hydroxyl groups excluding tert-OH is 1. The highest BCUT2D eigenvalue weighted by Gasteiger charge is 2.23. The number of nitrogens with zero attached hydrogens (tertiary/aromatic N) is 2. The van der Waals surface area contributed by atoms with E-state index >= 15 is 0 Å². The van der Waals surface area contributed by atoms with Crippen molar-refractivity contribution in [2.24, 2.45) is 5.92 Å². The minimum atomic E-state index is -0.114. The van der Waals surface area contributed by atoms with Crippen molar-refractivity contribution in [2.75, 3.05) is 0 Å². The maximum Gasteiger partial charge on any atom is 0.0628 e. The molecule has 3 heteroatoms. The van der Waals surface area contributed by atoms with Crippen molar-refractivity contribution in [1.82, 2.24) is 9.78 Å². The first kappa shape index (κ1) is 14.1. The summed E-state index contributed by atoms with van der Waals surface area (Å²) in [5, 5.41) is 15.0. The largest absolute Gasteiger partial charge is 0.393 e. The molecule has 0 radical (unpaired) electrons. The minimum Gasteiger partial charge on any atom is -0.393 e. The van der Waals surface area contributed by atoms with Gasteiger partial charge in [0.25, 0.3) is 0 Å². The molecule has 0 amide bonds. The summed E-state index contributed by atoms with van der Waals surface area (Å²) < 4.78 is 2.19. The van der Waals surface area contributed by atoms with Gasteiger partial charge >= 0.3 is 0 Å². The first-order valence-electron chi connectivity index (χ1n) is 8.55. The summed E-state index contributed by atoms with van der Waals surface area (Å²) >= 11 is 0. The summed E-state index contributed by atoms with van der Waals surface area (Å²) in [6.45, 7) is 0. The fourth-order valence-electron chi connectivity index (χ4n) is 3.91. The van der Waals surface area contributed by atoms with Gasteiger partial charge in [-0.05, 0) is 44.1 Å². The predicted octanol–water partition coefficient (Wildman–Crippen LogP) is 3.87. The zero-order valence-electron chi connectivity index (χ0n) is 12.5. The third-order valence-corrected chi connectivity index (χ3v) is 5.20. The molecule has 0 saturated heterocycles. The van der Waals surface area contributed by atoms with Crippen molar-refractivity contribution in [3.8, 4) is 0 Å². The molecule has 2 fully saturated rings. The van der Waals surface area contributed by atoms with E-state index in [1.54, 1.807) is 0 Å². The summed E-state index contributed by atoms with van der Waals surface area (Å²) in [7, 11) is 0. The van der Waals surface area contributed by atoms with Crippen LogP contribution in [0, 0.1) is 5.92 Å². The predicted molar refractivity (Wildman–Crippen MR) is 80.6 cm³/mol. The molecule has 1 aromatic heterocycles. The second-order valence-electron chi connectivity index (χ2n) is 6.75. The number of rotatable bonds is 3. The van der Waals surface area contributed by atoms with Crippen LogP contribution in [0.2, 0.25) is 0 Å². The summed E-state index contributed by atoms with van der Waals surface area (Å²) in [5.74, 6) is 0.423. The standard InChI is InChI=1S/C17H28N2O/c20-17-10-6-1-3-7-14(17)13-15-11-12-19(18-15)16-8-4-2-5-9-16/h11-12,14,16-17,20H,1-10,13H2. The molecular formula is C17H28N2O. The Balaban J connectivity index is 1.61. The van der Waals surface area contributed by atoms with Gasteiger partial charge in [0, 0.05) is 6.20 Å². The van der Waals surface area contributed by atoms with E-state index in [1.807, 2.05) is 0 Å². The Morgan fingerprint density at radius 2 is 1.70 bits per heavy atom. The maximum absolute atomic E-state index is 10.2. The summed E-state index contributed by atoms with van der Waals surface area (Å²) in [4.78, 5) is 0. The van der Waals surface area contributed by atoms with Crippen molar-refractivity contribution in [2.45, 2.75) is 82.8 Å². The van der Waals surface area contributed by atoms with Crippen LogP contribution in [0.25, 0.3) is 0 Å². The van der Waals surface area contributed by atoms with E-state index in [0.717, 1.165) is 19.3 Å². The average Bonchev–Trinajstić information content (AvgIpc) is 2.86. The molecule has 0 aromatic carbocycles. The second kappa shape index (κ2) is 6.75. The van der Waals surface area contributed by atoms with E-state index in [-0.39, 0.29) is 6.10 Å². The van der Waals surface area contributed by atoms with Gasteiger partial charge in [-0.2, -0.15) is 5.10 Å². The van der Waals surface area contributed by atoms with Crippen LogP contribution < -0.4 is 0 Å². The Morgan fingerprint density at radius 3 is 2.50 bits per heavy atom. The van der Waals surface area contributed by atoms with Gasteiger partial charge in [-0.25, -0.2) is 0 Å². The van der Waals surface area contributed by atoms with Gasteiger partial charge in [-0.15, -0.1) is 0 Å². The Bertz CT molecular complexity index is 409. The maximum atomic E-state index is 10.2. The Labute approximate surface area is 122 Å². The van der Waals surface area contributed by atoms with E-state index in [1.165, 1.54) is 57.1 Å². The topological polar surface area (TPSA) is 38.0 Å². The SMILES string of the molecule is OC1CCCCCC1Cc1ccn(C2CCCCC2)n1. The highest BCUT2D eigenvalue weighted by molar-refractivity contribution is 5.02. The number of hydrogen-bond acceptors (Lipinski definition) is 2. The molecule has 20 heavy (non-hydrogen) atoms. The van der Waals surface area contributed by atoms with Crippen molar-refractivity contribution in [1.29, 1.82) is 0 Å². The molecule has 3 rings (SSSR count). The highest BCUT2D eigenvalue weighted by Crippen LogP contribution is 2.29. The molecule has 1 N–H and O–H groups in total. The summed E-state index contributed by atoms with van der Waals surface area (Å²) in [6.07, 6.45) is 15.5. The summed E-state index contributed by atoms with van der Waals surface area (Å²) in [6, 6.07) is 2.79. The van der Waals surface area contributed by atoms with Gasteiger partial charge in [0.05, 0.1) is 17.8 Å². The van der Waals surface area contributed by atoms with Crippen LogP contribution in [-0.4, -0.2) is 21.0 Å². The zero-order chi connectivity index (χ0) is 13.8. The molecule has 1 aromatic rings. The van der Waals surface area contributed by atoms with Crippen LogP contribution in [0.15, 0.2) is 12.3 Å². The van der Waals surface area contributed by atoms with Gasteiger partial charge in [0.2, 0.25) is 0 Å². The average molecular weight is 276 g/mol. The minimum absolute atomic E-state index is 0.114. The molecule has 2 aliphatic carbocycles. The van der Waals surface area contributed by atoms with Crippen LogP contribution in [0.1, 0.15) is 75.9 Å². The third kappa shape index (κ3) is 3.43. The van der Waals surface area contributed by atoms with Crippen LogP contribution in [0.3, 0.4) is 0 Å². The lowest BCUT2D eigenvalue weighted by molar-refractivity contribution is 0.0999. The highest BCUT2D eigenvalue weighted by atomic mass is 16.3. The quantitative estimate of drug-likeness (QED) is 0.851. The molecule has 2 unspecified atom stereocenters. The molecule has 3 nitrogen and oxygen atoms in total. The lowest BCUT2D eigenvalue weighted by Crippen LogP contribution is -2.21. The molecule has 2 saturated carbocycles. The lowest BCUT2D eigenvalue weighted by Gasteiger charge is -2.22. The second-order valence-corrected chi connectivity index (χ2v) is 6.75. The van der Waals surface area contributed by atoms with Gasteiger partial charge in [-0.3, -0.25) is 4.68 Å². The summed E-state index contributed by atoms with van der Waals surface area (Å²) in [5.41, 5.74) is 1.18. The fourth-order valence-corrected chi connectivity index (χ4v) is 3.91.